The molecule has 0 aliphatic heterocycles. The molecule has 0 saturated heterocycles. The number of phenolic OH excluding ortho intramolecular Hbond substituents is 1. The van der Waals surface area contributed by atoms with E-state index < -0.39 is 0 Å². The third-order valence-electron chi connectivity index (χ3n) is 15.7. The molecule has 0 amide bonds. The van der Waals surface area contributed by atoms with Crippen LogP contribution < -0.4 is 9.47 Å². The molecule has 0 radical (unpaired) electrons. The summed E-state index contributed by atoms with van der Waals surface area (Å²) in [5.74, 6) is 3.01. The number of methoxy groups -OCH3 is 2. The molecule has 0 heterocycles. The van der Waals surface area contributed by atoms with Gasteiger partial charge in [-0.05, 0) is 146 Å². The van der Waals surface area contributed by atoms with Crippen LogP contribution in [-0.2, 0) is 9.53 Å². The molecule has 5 fully saturated rings. The smallest absolute Gasteiger partial charge is 0.331 e. The highest BCUT2D eigenvalue weighted by molar-refractivity contribution is 5.87. The van der Waals surface area contributed by atoms with Gasteiger partial charge in [-0.25, -0.2) is 4.79 Å². The van der Waals surface area contributed by atoms with Crippen LogP contribution in [0, 0.1) is 56.7 Å². The van der Waals surface area contributed by atoms with Crippen LogP contribution in [0.5, 0.6) is 17.2 Å². The largest absolute Gasteiger partial charge is 0.502 e. The maximum Gasteiger partial charge on any atom is 0.331 e. The zero-order valence-electron chi connectivity index (χ0n) is 30.3. The molecule has 0 spiro atoms. The van der Waals surface area contributed by atoms with Crippen molar-refractivity contribution in [2.75, 3.05) is 20.8 Å². The van der Waals surface area contributed by atoms with Gasteiger partial charge in [-0.15, -0.1) is 0 Å². The van der Waals surface area contributed by atoms with Crippen LogP contribution >= 0.6 is 0 Å². The summed E-state index contributed by atoms with van der Waals surface area (Å²) in [6, 6.07) is 3.35. The number of ether oxygens (including phenoxy) is 3. The summed E-state index contributed by atoms with van der Waals surface area (Å²) in [7, 11) is 2.97. The SMILES string of the molecule is C=C(C)[C@@H]1CC[C@]2(CO)CC[C@]3(C)[C@H](CC[C@@H]4[C@@]5(C)CC[C@H](OC(=O)C=Cc6cc(OC)c(O)c(OC)c6)C(C)(C)[C@@H]5CC[C@]43C)[C@@H]12. The molecule has 5 aliphatic carbocycles. The Hall–Kier alpha value is -2.47. The third kappa shape index (κ3) is 5.00. The van der Waals surface area contributed by atoms with Crippen LogP contribution in [0.15, 0.2) is 30.4 Å². The first-order valence-corrected chi connectivity index (χ1v) is 18.2. The molecule has 6 nitrogen and oxygen atoms in total. The van der Waals surface area contributed by atoms with Gasteiger partial charge >= 0.3 is 5.97 Å². The van der Waals surface area contributed by atoms with Gasteiger partial charge in [0.15, 0.2) is 11.5 Å². The third-order valence-corrected chi connectivity index (χ3v) is 15.7. The summed E-state index contributed by atoms with van der Waals surface area (Å²) < 4.78 is 16.8. The van der Waals surface area contributed by atoms with Crippen molar-refractivity contribution in [1.82, 2.24) is 0 Å². The summed E-state index contributed by atoms with van der Waals surface area (Å²) in [6.45, 7) is 19.6. The molecule has 6 heteroatoms. The lowest BCUT2D eigenvalue weighted by Crippen LogP contribution is -2.67. The van der Waals surface area contributed by atoms with Crippen molar-refractivity contribution in [1.29, 1.82) is 0 Å². The minimum absolute atomic E-state index is 0.0656. The van der Waals surface area contributed by atoms with Crippen LogP contribution in [0.1, 0.15) is 111 Å². The first-order valence-electron chi connectivity index (χ1n) is 18.2. The number of phenols is 1. The molecule has 0 bridgehead atoms. The maximum absolute atomic E-state index is 13.2. The van der Waals surface area contributed by atoms with Gasteiger partial charge in [-0.2, -0.15) is 0 Å². The van der Waals surface area contributed by atoms with E-state index in [1.54, 1.807) is 18.2 Å². The fourth-order valence-corrected chi connectivity index (χ4v) is 13.1. The van der Waals surface area contributed by atoms with Crippen LogP contribution in [0.2, 0.25) is 0 Å². The Morgan fingerprint density at radius 3 is 2.19 bits per heavy atom. The van der Waals surface area contributed by atoms with Crippen molar-refractivity contribution >= 4 is 12.0 Å². The van der Waals surface area contributed by atoms with E-state index >= 15 is 0 Å². The van der Waals surface area contributed by atoms with E-state index in [-0.39, 0.29) is 56.4 Å². The summed E-state index contributed by atoms with van der Waals surface area (Å²) in [6.07, 6.45) is 14.6. The van der Waals surface area contributed by atoms with E-state index in [9.17, 15) is 15.0 Å². The molecule has 1 aromatic rings. The van der Waals surface area contributed by atoms with E-state index in [1.807, 2.05) is 0 Å². The average Bonchev–Trinajstić information content (AvgIpc) is 3.43. The predicted octanol–water partition coefficient (Wildman–Crippen LogP) is 8.98. The number of allylic oxidation sites excluding steroid dienone is 1. The quantitative estimate of drug-likeness (QED) is 0.174. The lowest BCUT2D eigenvalue weighted by molar-refractivity contribution is -0.251. The first kappa shape index (κ1) is 34.4. The Morgan fingerprint density at radius 2 is 1.57 bits per heavy atom. The standard InChI is InChI=1S/C41H60O6/c1-25(2)27-14-19-41(24-42)21-20-39(6)28(35(27)41)11-12-32-38(5)17-16-33(37(3,4)31(38)15-18-40(32,39)7)47-34(43)13-10-26-22-29(45-8)36(44)30(23-26)46-9/h10,13,22-23,27-28,31-33,35,42,44H,1,11-12,14-21,24H2,2-9H3/t27-,28+,31-,32+,33-,35+,38-,39+,40+,41+/m0/s1. The number of aromatic hydroxyl groups is 1. The van der Waals surface area contributed by atoms with Crippen LogP contribution in [0.4, 0.5) is 0 Å². The molecule has 5 aliphatic rings. The van der Waals surface area contributed by atoms with Crippen molar-refractivity contribution in [2.45, 2.75) is 112 Å². The number of rotatable bonds is 7. The number of benzene rings is 1. The monoisotopic (exact) mass is 648 g/mol. The Morgan fingerprint density at radius 1 is 0.894 bits per heavy atom. The summed E-state index contributed by atoms with van der Waals surface area (Å²) in [4.78, 5) is 13.2. The molecular weight excluding hydrogens is 588 g/mol. The van der Waals surface area contributed by atoms with Gasteiger partial charge < -0.3 is 24.4 Å². The van der Waals surface area contributed by atoms with E-state index in [0.717, 1.165) is 32.1 Å². The minimum atomic E-state index is -0.343. The van der Waals surface area contributed by atoms with E-state index in [2.05, 4.69) is 48.1 Å². The van der Waals surface area contributed by atoms with E-state index in [4.69, 9.17) is 14.2 Å². The van der Waals surface area contributed by atoms with Crippen molar-refractivity contribution in [3.63, 3.8) is 0 Å². The molecule has 2 N–H and O–H groups in total. The first-order chi connectivity index (χ1) is 22.1. The van der Waals surface area contributed by atoms with Crippen molar-refractivity contribution in [3.8, 4) is 17.2 Å². The topological polar surface area (TPSA) is 85.2 Å². The van der Waals surface area contributed by atoms with Gasteiger partial charge in [-0.1, -0.05) is 46.8 Å². The van der Waals surface area contributed by atoms with Gasteiger partial charge in [-0.3, -0.25) is 0 Å². The highest BCUT2D eigenvalue weighted by Gasteiger charge is 2.71. The molecule has 6 rings (SSSR count). The van der Waals surface area contributed by atoms with Gasteiger partial charge in [0.25, 0.3) is 0 Å². The average molecular weight is 649 g/mol. The molecule has 0 aromatic heterocycles. The molecule has 47 heavy (non-hydrogen) atoms. The van der Waals surface area contributed by atoms with Crippen LogP contribution in [0.3, 0.4) is 0 Å². The Balaban J connectivity index is 1.21. The Labute approximate surface area is 283 Å². The lowest BCUT2D eigenvalue weighted by atomic mass is 9.32. The number of carbonyl (C=O) groups excluding carboxylic acids is 1. The van der Waals surface area contributed by atoms with E-state index in [0.29, 0.717) is 41.8 Å². The van der Waals surface area contributed by atoms with Gasteiger partial charge in [0, 0.05) is 18.1 Å². The number of aliphatic hydroxyl groups excluding tert-OH is 1. The molecule has 0 unspecified atom stereocenters. The maximum atomic E-state index is 13.2. The van der Waals surface area contributed by atoms with Crippen LogP contribution in [-0.4, -0.2) is 43.1 Å². The molecular formula is C41H60O6. The Kier molecular flexibility index (Phi) is 8.67. The molecule has 5 saturated carbocycles. The second-order valence-electron chi connectivity index (χ2n) is 17.6. The lowest BCUT2D eigenvalue weighted by Gasteiger charge is -2.73. The van der Waals surface area contributed by atoms with Crippen molar-refractivity contribution in [2.24, 2.45) is 56.7 Å². The summed E-state index contributed by atoms with van der Waals surface area (Å²) in [5.41, 5.74) is 2.64. The van der Waals surface area contributed by atoms with Crippen molar-refractivity contribution < 1.29 is 29.2 Å². The number of esters is 1. The highest BCUT2D eigenvalue weighted by atomic mass is 16.5. The second-order valence-corrected chi connectivity index (χ2v) is 17.6. The summed E-state index contributed by atoms with van der Waals surface area (Å²) in [5, 5.41) is 21.1. The van der Waals surface area contributed by atoms with Crippen LogP contribution in [0.25, 0.3) is 6.08 Å². The number of hydrogen-bond donors (Lipinski definition) is 2. The van der Waals surface area contributed by atoms with Crippen molar-refractivity contribution in [3.05, 3.63) is 35.9 Å². The zero-order chi connectivity index (χ0) is 34.2. The van der Waals surface area contributed by atoms with Gasteiger partial charge in [0.05, 0.1) is 14.2 Å². The minimum Gasteiger partial charge on any atom is -0.502 e. The fraction of sp³-hybridized carbons (Fsp3) is 0.732. The molecule has 10 atom stereocenters. The zero-order valence-corrected chi connectivity index (χ0v) is 30.3. The summed E-state index contributed by atoms with van der Waals surface area (Å²) >= 11 is 0. The molecule has 260 valence electrons. The predicted molar refractivity (Wildman–Crippen MR) is 186 cm³/mol. The fourth-order valence-electron chi connectivity index (χ4n) is 13.1. The van der Waals surface area contributed by atoms with Gasteiger partial charge in [0.1, 0.15) is 6.10 Å². The Bertz CT molecular complexity index is 1400. The van der Waals surface area contributed by atoms with E-state index in [1.165, 1.54) is 58.0 Å². The highest BCUT2D eigenvalue weighted by Crippen LogP contribution is 2.77. The van der Waals surface area contributed by atoms with Gasteiger partial charge in [0.2, 0.25) is 5.75 Å². The molecule has 1 aromatic carbocycles. The second kappa shape index (κ2) is 11.8. The normalized spacial score (nSPS) is 42.1. The number of aliphatic hydroxyl groups is 1. The number of hydrogen-bond acceptors (Lipinski definition) is 6. The number of fused-ring (bicyclic) bond motifs is 7. The number of carbonyl (C=O) groups is 1.